The average molecular weight is 325 g/mol. The molecular formula is C15H19NO3S2. The standard InChI is InChI=1S/C15H19NO3S2/c1-15(17,11-20-2)10-16-21(18,19)14-9-5-7-12-6-3-4-8-13(12)14/h3-9,16-17H,10-11H2,1-2H3. The van der Waals surface area contributed by atoms with E-state index in [1.807, 2.05) is 30.5 Å². The number of aliphatic hydroxyl groups is 1. The Kier molecular flexibility index (Phi) is 4.93. The Morgan fingerprint density at radius 2 is 1.86 bits per heavy atom. The van der Waals surface area contributed by atoms with Crippen LogP contribution >= 0.6 is 11.8 Å². The van der Waals surface area contributed by atoms with Gasteiger partial charge in [0, 0.05) is 17.7 Å². The molecule has 114 valence electrons. The summed E-state index contributed by atoms with van der Waals surface area (Å²) in [5.74, 6) is 0.463. The highest BCUT2D eigenvalue weighted by Gasteiger charge is 2.24. The number of nitrogens with one attached hydrogen (secondary N) is 1. The van der Waals surface area contributed by atoms with Gasteiger partial charge in [-0.25, -0.2) is 13.1 Å². The minimum atomic E-state index is -3.66. The van der Waals surface area contributed by atoms with Crippen LogP contribution in [0.5, 0.6) is 0 Å². The normalized spacial score (nSPS) is 15.0. The molecule has 2 aromatic rings. The van der Waals surface area contributed by atoms with Gasteiger partial charge in [0.2, 0.25) is 10.0 Å². The topological polar surface area (TPSA) is 66.4 Å². The zero-order valence-electron chi connectivity index (χ0n) is 12.0. The van der Waals surface area contributed by atoms with Crippen molar-refractivity contribution in [3.8, 4) is 0 Å². The molecule has 2 N–H and O–H groups in total. The second-order valence-corrected chi connectivity index (χ2v) is 7.83. The van der Waals surface area contributed by atoms with Crippen molar-refractivity contribution in [3.05, 3.63) is 42.5 Å². The smallest absolute Gasteiger partial charge is 0.241 e. The Hall–Kier alpha value is -1.08. The van der Waals surface area contributed by atoms with Gasteiger partial charge in [-0.3, -0.25) is 0 Å². The molecule has 0 bridgehead atoms. The maximum absolute atomic E-state index is 12.5. The Bertz CT molecular complexity index is 721. The van der Waals surface area contributed by atoms with Crippen molar-refractivity contribution in [1.29, 1.82) is 0 Å². The van der Waals surface area contributed by atoms with Crippen LogP contribution < -0.4 is 4.72 Å². The lowest BCUT2D eigenvalue weighted by atomic mass is 10.1. The third kappa shape index (κ3) is 3.97. The van der Waals surface area contributed by atoms with Gasteiger partial charge in [0.25, 0.3) is 0 Å². The summed E-state index contributed by atoms with van der Waals surface area (Å²) in [6, 6.07) is 12.5. The molecule has 0 aliphatic rings. The van der Waals surface area contributed by atoms with Crippen LogP contribution in [-0.2, 0) is 10.0 Å². The summed E-state index contributed by atoms with van der Waals surface area (Å²) < 4.78 is 27.4. The lowest BCUT2D eigenvalue weighted by Gasteiger charge is -2.22. The highest BCUT2D eigenvalue weighted by Crippen LogP contribution is 2.23. The summed E-state index contributed by atoms with van der Waals surface area (Å²) in [4.78, 5) is 0.237. The summed E-state index contributed by atoms with van der Waals surface area (Å²) in [5.41, 5.74) is -1.07. The van der Waals surface area contributed by atoms with E-state index in [1.54, 1.807) is 25.1 Å². The molecule has 0 radical (unpaired) electrons. The van der Waals surface area contributed by atoms with Gasteiger partial charge in [-0.2, -0.15) is 11.8 Å². The fourth-order valence-corrected chi connectivity index (χ4v) is 4.23. The Balaban J connectivity index is 2.30. The molecule has 0 spiro atoms. The van der Waals surface area contributed by atoms with Crippen LogP contribution in [0.3, 0.4) is 0 Å². The van der Waals surface area contributed by atoms with E-state index in [2.05, 4.69) is 4.72 Å². The monoisotopic (exact) mass is 325 g/mol. The number of thioether (sulfide) groups is 1. The SMILES string of the molecule is CSCC(C)(O)CNS(=O)(=O)c1cccc2ccccc12. The third-order valence-corrected chi connectivity index (χ3v) is 5.51. The van der Waals surface area contributed by atoms with Gasteiger partial charge in [-0.1, -0.05) is 36.4 Å². The van der Waals surface area contributed by atoms with E-state index in [4.69, 9.17) is 0 Å². The van der Waals surface area contributed by atoms with E-state index in [-0.39, 0.29) is 11.4 Å². The van der Waals surface area contributed by atoms with E-state index >= 15 is 0 Å². The highest BCUT2D eigenvalue weighted by atomic mass is 32.2. The highest BCUT2D eigenvalue weighted by molar-refractivity contribution is 7.98. The Morgan fingerprint density at radius 3 is 2.57 bits per heavy atom. The molecular weight excluding hydrogens is 306 g/mol. The van der Waals surface area contributed by atoms with Crippen LogP contribution in [0.1, 0.15) is 6.92 Å². The summed E-state index contributed by atoms with van der Waals surface area (Å²) in [5, 5.41) is 11.6. The van der Waals surface area contributed by atoms with E-state index in [0.717, 1.165) is 5.39 Å². The predicted molar refractivity (Wildman–Crippen MR) is 88.1 cm³/mol. The number of benzene rings is 2. The molecule has 0 saturated carbocycles. The molecule has 0 aliphatic heterocycles. The van der Waals surface area contributed by atoms with Crippen molar-refractivity contribution in [2.24, 2.45) is 0 Å². The van der Waals surface area contributed by atoms with E-state index < -0.39 is 15.6 Å². The van der Waals surface area contributed by atoms with Gasteiger partial charge < -0.3 is 5.11 Å². The lowest BCUT2D eigenvalue weighted by Crippen LogP contribution is -2.42. The van der Waals surface area contributed by atoms with Gasteiger partial charge in [-0.05, 0) is 24.6 Å². The van der Waals surface area contributed by atoms with Crippen molar-refractivity contribution in [2.45, 2.75) is 17.4 Å². The van der Waals surface area contributed by atoms with Crippen molar-refractivity contribution in [2.75, 3.05) is 18.6 Å². The maximum Gasteiger partial charge on any atom is 0.241 e. The summed E-state index contributed by atoms with van der Waals surface area (Å²) in [7, 11) is -3.66. The summed E-state index contributed by atoms with van der Waals surface area (Å²) in [6.07, 6.45) is 1.87. The van der Waals surface area contributed by atoms with E-state index in [1.165, 1.54) is 11.8 Å². The predicted octanol–water partition coefficient (Wildman–Crippen LogP) is 2.23. The molecule has 2 aromatic carbocycles. The summed E-state index contributed by atoms with van der Waals surface area (Å²) in [6.45, 7) is 1.61. The molecule has 0 heterocycles. The number of hydrogen-bond donors (Lipinski definition) is 2. The molecule has 0 fully saturated rings. The molecule has 21 heavy (non-hydrogen) atoms. The van der Waals surface area contributed by atoms with Crippen LogP contribution in [0.2, 0.25) is 0 Å². The van der Waals surface area contributed by atoms with Crippen LogP contribution in [0.4, 0.5) is 0 Å². The molecule has 1 atom stereocenters. The number of hydrogen-bond acceptors (Lipinski definition) is 4. The van der Waals surface area contributed by atoms with E-state index in [9.17, 15) is 13.5 Å². The fraction of sp³-hybridized carbons (Fsp3) is 0.333. The molecule has 0 aliphatic carbocycles. The Morgan fingerprint density at radius 1 is 1.19 bits per heavy atom. The number of fused-ring (bicyclic) bond motifs is 1. The largest absolute Gasteiger partial charge is 0.388 e. The van der Waals surface area contributed by atoms with Gasteiger partial charge in [0.05, 0.1) is 10.5 Å². The first kappa shape index (κ1) is 16.3. The third-order valence-electron chi connectivity index (χ3n) is 3.14. The number of rotatable bonds is 6. The Labute approximate surface area is 129 Å². The quantitative estimate of drug-likeness (QED) is 0.855. The molecule has 6 heteroatoms. The minimum Gasteiger partial charge on any atom is -0.388 e. The molecule has 1 unspecified atom stereocenters. The van der Waals surface area contributed by atoms with Crippen LogP contribution in [0.15, 0.2) is 47.4 Å². The maximum atomic E-state index is 12.5. The number of sulfonamides is 1. The van der Waals surface area contributed by atoms with Gasteiger partial charge >= 0.3 is 0 Å². The molecule has 0 amide bonds. The van der Waals surface area contributed by atoms with Gasteiger partial charge in [0.15, 0.2) is 0 Å². The van der Waals surface area contributed by atoms with Gasteiger partial charge in [0.1, 0.15) is 0 Å². The lowest BCUT2D eigenvalue weighted by molar-refractivity contribution is 0.0909. The van der Waals surface area contributed by atoms with E-state index in [0.29, 0.717) is 11.1 Å². The first-order valence-corrected chi connectivity index (χ1v) is 9.42. The van der Waals surface area contributed by atoms with Crippen LogP contribution in [0, 0.1) is 0 Å². The second-order valence-electron chi connectivity index (χ2n) is 5.23. The first-order chi connectivity index (χ1) is 9.86. The molecule has 4 nitrogen and oxygen atoms in total. The van der Waals surface area contributed by atoms with Crippen LogP contribution in [0.25, 0.3) is 10.8 Å². The fourth-order valence-electron chi connectivity index (χ4n) is 2.12. The summed E-state index contributed by atoms with van der Waals surface area (Å²) >= 11 is 1.47. The van der Waals surface area contributed by atoms with Crippen molar-refractivity contribution < 1.29 is 13.5 Å². The zero-order valence-corrected chi connectivity index (χ0v) is 13.7. The zero-order chi connectivity index (χ0) is 15.5. The average Bonchev–Trinajstić information content (AvgIpc) is 2.45. The van der Waals surface area contributed by atoms with Gasteiger partial charge in [-0.15, -0.1) is 0 Å². The second kappa shape index (κ2) is 6.36. The molecule has 2 rings (SSSR count). The van der Waals surface area contributed by atoms with Crippen molar-refractivity contribution >= 4 is 32.6 Å². The van der Waals surface area contributed by atoms with Crippen molar-refractivity contribution in [3.63, 3.8) is 0 Å². The molecule has 0 aromatic heterocycles. The molecule has 0 saturated heterocycles. The first-order valence-electron chi connectivity index (χ1n) is 6.54. The van der Waals surface area contributed by atoms with Crippen LogP contribution in [-0.4, -0.2) is 37.7 Å². The van der Waals surface area contributed by atoms with Crippen molar-refractivity contribution in [1.82, 2.24) is 4.72 Å². The minimum absolute atomic E-state index is 0.0145.